The van der Waals surface area contributed by atoms with Gasteiger partial charge in [0.15, 0.2) is 0 Å². The second-order valence-electron chi connectivity index (χ2n) is 4.04. The average Bonchev–Trinajstić information content (AvgIpc) is 2.36. The number of hydrogen-bond donors (Lipinski definition) is 2. The molecule has 1 rings (SSSR count). The van der Waals surface area contributed by atoms with Crippen molar-refractivity contribution < 1.29 is 13.9 Å². The smallest absolute Gasteiger partial charge is 0.315 e. The maximum absolute atomic E-state index is 11.9. The molecule has 1 atom stereocenters. The quantitative estimate of drug-likeness (QED) is 0.847. The molecule has 100 valence electrons. The van der Waals surface area contributed by atoms with Gasteiger partial charge in [-0.15, -0.1) is 0 Å². The zero-order chi connectivity index (χ0) is 13.5. The van der Waals surface area contributed by atoms with Crippen molar-refractivity contribution in [2.24, 2.45) is 0 Å². The molecule has 2 N–H and O–H groups in total. The Labute approximate surface area is 107 Å². The predicted molar refractivity (Wildman–Crippen MR) is 68.7 cm³/mol. The molecule has 0 bridgehead atoms. The summed E-state index contributed by atoms with van der Waals surface area (Å²) in [7, 11) is 1.62. The SMILES string of the molecule is COc1ccc([C@H](C)NC(=O)NCCF)cc1C. The van der Waals surface area contributed by atoms with Gasteiger partial charge in [-0.1, -0.05) is 12.1 Å². The monoisotopic (exact) mass is 254 g/mol. The molecule has 2 amide bonds. The molecule has 1 aromatic carbocycles. The van der Waals surface area contributed by atoms with Crippen LogP contribution < -0.4 is 15.4 Å². The van der Waals surface area contributed by atoms with E-state index in [4.69, 9.17) is 4.74 Å². The van der Waals surface area contributed by atoms with Gasteiger partial charge in [0.25, 0.3) is 0 Å². The fourth-order valence-corrected chi connectivity index (χ4v) is 1.66. The van der Waals surface area contributed by atoms with E-state index in [1.165, 1.54) is 0 Å². The van der Waals surface area contributed by atoms with Crippen LogP contribution >= 0.6 is 0 Å². The third-order valence-electron chi connectivity index (χ3n) is 2.65. The number of ether oxygens (including phenoxy) is 1. The maximum atomic E-state index is 11.9. The minimum Gasteiger partial charge on any atom is -0.496 e. The molecular weight excluding hydrogens is 235 g/mol. The van der Waals surface area contributed by atoms with Crippen molar-refractivity contribution >= 4 is 6.03 Å². The lowest BCUT2D eigenvalue weighted by molar-refractivity contribution is 0.237. The molecule has 0 saturated heterocycles. The number of amides is 2. The van der Waals surface area contributed by atoms with E-state index in [0.29, 0.717) is 0 Å². The van der Waals surface area contributed by atoms with Gasteiger partial charge in [0.2, 0.25) is 0 Å². The molecule has 0 spiro atoms. The highest BCUT2D eigenvalue weighted by molar-refractivity contribution is 5.74. The lowest BCUT2D eigenvalue weighted by Crippen LogP contribution is -2.38. The predicted octanol–water partition coefficient (Wildman–Crippen LogP) is 2.33. The third kappa shape index (κ3) is 3.91. The molecular formula is C13H19FN2O2. The van der Waals surface area contributed by atoms with Crippen molar-refractivity contribution in [1.29, 1.82) is 0 Å². The first-order chi connectivity index (χ1) is 8.58. The summed E-state index contributed by atoms with van der Waals surface area (Å²) in [6, 6.07) is 5.20. The summed E-state index contributed by atoms with van der Waals surface area (Å²) in [6.07, 6.45) is 0. The van der Waals surface area contributed by atoms with Crippen molar-refractivity contribution in [2.45, 2.75) is 19.9 Å². The van der Waals surface area contributed by atoms with E-state index in [9.17, 15) is 9.18 Å². The van der Waals surface area contributed by atoms with Gasteiger partial charge >= 0.3 is 6.03 Å². The molecule has 0 aliphatic rings. The first-order valence-corrected chi connectivity index (χ1v) is 5.83. The van der Waals surface area contributed by atoms with E-state index >= 15 is 0 Å². The highest BCUT2D eigenvalue weighted by Crippen LogP contribution is 2.22. The van der Waals surface area contributed by atoms with E-state index in [-0.39, 0.29) is 18.6 Å². The van der Waals surface area contributed by atoms with Gasteiger partial charge < -0.3 is 15.4 Å². The van der Waals surface area contributed by atoms with Gasteiger partial charge in [0.1, 0.15) is 12.4 Å². The van der Waals surface area contributed by atoms with Crippen LogP contribution in [0, 0.1) is 6.92 Å². The Morgan fingerprint density at radius 1 is 1.50 bits per heavy atom. The van der Waals surface area contributed by atoms with Crippen LogP contribution in [0.25, 0.3) is 0 Å². The van der Waals surface area contributed by atoms with Crippen LogP contribution in [0.1, 0.15) is 24.1 Å². The Hall–Kier alpha value is -1.78. The number of carbonyl (C=O) groups is 1. The molecule has 4 nitrogen and oxygen atoms in total. The number of urea groups is 1. The van der Waals surface area contributed by atoms with Crippen LogP contribution in [-0.2, 0) is 0 Å². The largest absolute Gasteiger partial charge is 0.496 e. The molecule has 18 heavy (non-hydrogen) atoms. The van der Waals surface area contributed by atoms with Crippen molar-refractivity contribution in [2.75, 3.05) is 20.3 Å². The molecule has 1 aromatic rings. The van der Waals surface area contributed by atoms with Crippen LogP contribution in [0.4, 0.5) is 9.18 Å². The van der Waals surface area contributed by atoms with Crippen LogP contribution in [-0.4, -0.2) is 26.4 Å². The van der Waals surface area contributed by atoms with Crippen molar-refractivity contribution in [3.63, 3.8) is 0 Å². The summed E-state index contributed by atoms with van der Waals surface area (Å²) in [5.41, 5.74) is 1.98. The summed E-state index contributed by atoms with van der Waals surface area (Å²) in [4.78, 5) is 11.4. The van der Waals surface area contributed by atoms with Gasteiger partial charge in [0, 0.05) is 6.54 Å². The highest BCUT2D eigenvalue weighted by Gasteiger charge is 2.10. The van der Waals surface area contributed by atoms with Gasteiger partial charge in [-0.3, -0.25) is 0 Å². The molecule has 0 heterocycles. The van der Waals surface area contributed by atoms with E-state index in [0.717, 1.165) is 16.9 Å². The fourth-order valence-electron chi connectivity index (χ4n) is 1.66. The molecule has 0 aromatic heterocycles. The standard InChI is InChI=1S/C13H19FN2O2/c1-9-8-11(4-5-12(9)18-3)10(2)16-13(17)15-7-6-14/h4-5,8,10H,6-7H2,1-3H3,(H2,15,16,17)/t10-/m0/s1. The molecule has 0 aliphatic carbocycles. The fraction of sp³-hybridized carbons (Fsp3) is 0.462. The molecule has 0 fully saturated rings. The average molecular weight is 254 g/mol. The number of benzene rings is 1. The van der Waals surface area contributed by atoms with Gasteiger partial charge in [0.05, 0.1) is 13.2 Å². The number of rotatable bonds is 5. The van der Waals surface area contributed by atoms with Gasteiger partial charge in [-0.25, -0.2) is 9.18 Å². The second-order valence-corrected chi connectivity index (χ2v) is 4.04. The topological polar surface area (TPSA) is 50.4 Å². The highest BCUT2D eigenvalue weighted by atomic mass is 19.1. The minimum atomic E-state index is -0.566. The van der Waals surface area contributed by atoms with Crippen LogP contribution in [0.15, 0.2) is 18.2 Å². The summed E-state index contributed by atoms with van der Waals surface area (Å²) >= 11 is 0. The third-order valence-corrected chi connectivity index (χ3v) is 2.65. The summed E-state index contributed by atoms with van der Waals surface area (Å²) in [5, 5.41) is 5.16. The Kier molecular flexibility index (Phi) is 5.42. The Bertz CT molecular complexity index is 410. The second kappa shape index (κ2) is 6.83. The van der Waals surface area contributed by atoms with Crippen LogP contribution in [0.5, 0.6) is 5.75 Å². The number of hydrogen-bond acceptors (Lipinski definition) is 2. The van der Waals surface area contributed by atoms with Crippen LogP contribution in [0.3, 0.4) is 0 Å². The van der Waals surface area contributed by atoms with Crippen molar-refractivity contribution in [3.05, 3.63) is 29.3 Å². The number of halogens is 1. The maximum Gasteiger partial charge on any atom is 0.315 e. The lowest BCUT2D eigenvalue weighted by atomic mass is 10.1. The summed E-state index contributed by atoms with van der Waals surface area (Å²) in [6.45, 7) is 3.28. The Morgan fingerprint density at radius 2 is 2.22 bits per heavy atom. The zero-order valence-electron chi connectivity index (χ0n) is 10.9. The Morgan fingerprint density at radius 3 is 2.78 bits per heavy atom. The molecule has 0 saturated carbocycles. The first kappa shape index (κ1) is 14.3. The van der Waals surface area contributed by atoms with Crippen LogP contribution in [0.2, 0.25) is 0 Å². The molecule has 5 heteroatoms. The summed E-state index contributed by atoms with van der Waals surface area (Å²) in [5.74, 6) is 0.813. The number of alkyl halides is 1. The lowest BCUT2D eigenvalue weighted by Gasteiger charge is -2.16. The van der Waals surface area contributed by atoms with Gasteiger partial charge in [-0.2, -0.15) is 0 Å². The summed E-state index contributed by atoms with van der Waals surface area (Å²) < 4.78 is 17.1. The molecule has 0 aliphatic heterocycles. The Balaban J connectivity index is 2.63. The first-order valence-electron chi connectivity index (χ1n) is 5.83. The molecule has 0 unspecified atom stereocenters. The molecule has 0 radical (unpaired) electrons. The normalized spacial score (nSPS) is 11.8. The van der Waals surface area contributed by atoms with E-state index in [1.807, 2.05) is 32.0 Å². The van der Waals surface area contributed by atoms with Crippen molar-refractivity contribution in [1.82, 2.24) is 10.6 Å². The number of aryl methyl sites for hydroxylation is 1. The van der Waals surface area contributed by atoms with E-state index in [2.05, 4.69) is 10.6 Å². The number of nitrogens with one attached hydrogen (secondary N) is 2. The van der Waals surface area contributed by atoms with Crippen molar-refractivity contribution in [3.8, 4) is 5.75 Å². The minimum absolute atomic E-state index is 0.0280. The number of carbonyl (C=O) groups excluding carboxylic acids is 1. The zero-order valence-corrected chi connectivity index (χ0v) is 10.9. The van der Waals surface area contributed by atoms with E-state index < -0.39 is 6.67 Å². The van der Waals surface area contributed by atoms with Gasteiger partial charge in [-0.05, 0) is 31.0 Å². The number of methoxy groups -OCH3 is 1. The van der Waals surface area contributed by atoms with E-state index in [1.54, 1.807) is 7.11 Å².